The van der Waals surface area contributed by atoms with Crippen molar-refractivity contribution in [3.05, 3.63) is 35.9 Å². The Balaban J connectivity index is 1.73. The van der Waals surface area contributed by atoms with Crippen LogP contribution in [0.4, 0.5) is 4.79 Å². The molecule has 1 aliphatic heterocycles. The molecule has 52 heavy (non-hydrogen) atoms. The molecule has 1 aromatic carbocycles. The Bertz CT molecular complexity index is 1500. The molecule has 2 aliphatic rings. The van der Waals surface area contributed by atoms with Gasteiger partial charge in [0.15, 0.2) is 0 Å². The van der Waals surface area contributed by atoms with Crippen molar-refractivity contribution in [3.63, 3.8) is 0 Å². The molecule has 1 saturated carbocycles. The number of hydrogen-bond acceptors (Lipinski definition) is 8. The molecule has 6 amide bonds. The lowest BCUT2D eigenvalue weighted by molar-refractivity contribution is -0.145. The van der Waals surface area contributed by atoms with E-state index in [1.807, 2.05) is 48.5 Å². The van der Waals surface area contributed by atoms with Crippen molar-refractivity contribution < 1.29 is 38.3 Å². The Kier molecular flexibility index (Phi) is 13.6. The molecule has 0 spiro atoms. The number of benzene rings is 1. The molecule has 1 unspecified atom stereocenters. The summed E-state index contributed by atoms with van der Waals surface area (Å²) in [7, 11) is 3.12. The van der Waals surface area contributed by atoms with Crippen LogP contribution in [0.25, 0.3) is 0 Å². The summed E-state index contributed by atoms with van der Waals surface area (Å²) >= 11 is 0. The number of likely N-dealkylation sites (tertiary alicyclic amines) is 1. The molecule has 14 heteroatoms. The molecule has 1 aromatic rings. The Morgan fingerprint density at radius 2 is 1.58 bits per heavy atom. The van der Waals surface area contributed by atoms with Crippen molar-refractivity contribution in [1.82, 2.24) is 31.1 Å². The fraction of sp³-hybridized carbons (Fsp3) is 0.658. The average Bonchev–Trinajstić information content (AvgIpc) is 3.37. The van der Waals surface area contributed by atoms with Gasteiger partial charge >= 0.3 is 6.09 Å². The van der Waals surface area contributed by atoms with Crippen LogP contribution >= 0.6 is 0 Å². The maximum Gasteiger partial charge on any atom is 0.408 e. The molecule has 4 N–H and O–H groups in total. The monoisotopic (exact) mass is 726 g/mol. The number of fused-ring (bicyclic) bond motifs is 1. The SMILES string of the molecule is CCC[C@@H](NC(=O)[C@@H]1[C@@H]2[C@H](CN1C(=O)[C@@H](NC(=O)OC(C)C(C)C)C(C)(C)C)C2(C)C)C(=O)C(=O)NCC(=O)N[C@H](C(=O)N(C)C)c1ccccc1. The molecule has 2 fully saturated rings. The van der Waals surface area contributed by atoms with Crippen LogP contribution in [0.2, 0.25) is 0 Å². The Labute approximate surface area is 307 Å². The molecule has 0 aromatic heterocycles. The van der Waals surface area contributed by atoms with E-state index in [9.17, 15) is 33.6 Å². The molecule has 3 rings (SSSR count). The highest BCUT2D eigenvalue weighted by Gasteiger charge is 2.70. The van der Waals surface area contributed by atoms with Gasteiger partial charge in [-0.2, -0.15) is 0 Å². The minimum Gasteiger partial charge on any atom is -0.446 e. The maximum absolute atomic E-state index is 14.2. The van der Waals surface area contributed by atoms with E-state index in [4.69, 9.17) is 4.74 Å². The summed E-state index contributed by atoms with van der Waals surface area (Å²) < 4.78 is 5.49. The number of nitrogens with one attached hydrogen (secondary N) is 4. The van der Waals surface area contributed by atoms with Crippen molar-refractivity contribution in [2.24, 2.45) is 28.6 Å². The van der Waals surface area contributed by atoms with Crippen molar-refractivity contribution in [1.29, 1.82) is 0 Å². The van der Waals surface area contributed by atoms with Gasteiger partial charge in [-0.1, -0.05) is 92.1 Å². The van der Waals surface area contributed by atoms with Crippen molar-refractivity contribution in [2.45, 2.75) is 105 Å². The largest absolute Gasteiger partial charge is 0.446 e. The number of ketones is 1. The number of Topliss-reactive ketones (excluding diaryl/α,β-unsaturated/α-hetero) is 1. The molecule has 1 heterocycles. The summed E-state index contributed by atoms with van der Waals surface area (Å²) in [4.78, 5) is 96.0. The zero-order valence-corrected chi connectivity index (χ0v) is 32.5. The van der Waals surface area contributed by atoms with E-state index in [0.29, 0.717) is 18.5 Å². The lowest BCUT2D eigenvalue weighted by Gasteiger charge is -2.38. The van der Waals surface area contributed by atoms with Crippen LogP contribution in [-0.2, 0) is 33.5 Å². The highest BCUT2D eigenvalue weighted by molar-refractivity contribution is 6.38. The Morgan fingerprint density at radius 1 is 0.962 bits per heavy atom. The third kappa shape index (κ3) is 9.88. The number of likely N-dealkylation sites (N-methyl/N-ethyl adjacent to an activating group) is 1. The minimum absolute atomic E-state index is 0.0296. The van der Waals surface area contributed by atoms with Crippen LogP contribution in [0.15, 0.2) is 30.3 Å². The second-order valence-electron chi connectivity index (χ2n) is 16.2. The first-order valence-electron chi connectivity index (χ1n) is 18.1. The number of ether oxygens (including phenoxy) is 1. The van der Waals surface area contributed by atoms with Gasteiger partial charge in [0.2, 0.25) is 29.4 Å². The van der Waals surface area contributed by atoms with E-state index >= 15 is 0 Å². The summed E-state index contributed by atoms with van der Waals surface area (Å²) in [6, 6.07) is 4.47. The lowest BCUT2D eigenvalue weighted by atomic mass is 9.85. The predicted molar refractivity (Wildman–Crippen MR) is 194 cm³/mol. The molecule has 0 radical (unpaired) electrons. The lowest BCUT2D eigenvalue weighted by Crippen LogP contribution is -2.60. The van der Waals surface area contributed by atoms with Crippen LogP contribution in [0.5, 0.6) is 0 Å². The summed E-state index contributed by atoms with van der Waals surface area (Å²) in [6.45, 7) is 16.6. The van der Waals surface area contributed by atoms with Gasteiger partial charge in [0, 0.05) is 20.6 Å². The third-order valence-corrected chi connectivity index (χ3v) is 10.3. The second-order valence-corrected chi connectivity index (χ2v) is 16.2. The van der Waals surface area contributed by atoms with E-state index in [1.165, 1.54) is 9.80 Å². The van der Waals surface area contributed by atoms with E-state index in [2.05, 4.69) is 21.3 Å². The number of carbonyl (C=O) groups excluding carboxylic acids is 7. The molecule has 7 atom stereocenters. The van der Waals surface area contributed by atoms with Gasteiger partial charge in [-0.15, -0.1) is 0 Å². The first-order chi connectivity index (χ1) is 24.1. The van der Waals surface area contributed by atoms with Crippen LogP contribution in [0.3, 0.4) is 0 Å². The zero-order chi connectivity index (χ0) is 39.3. The van der Waals surface area contributed by atoms with Crippen molar-refractivity contribution in [3.8, 4) is 0 Å². The summed E-state index contributed by atoms with van der Waals surface area (Å²) in [6.07, 6.45) is -0.518. The molecule has 14 nitrogen and oxygen atoms in total. The first kappa shape index (κ1) is 41.9. The summed E-state index contributed by atoms with van der Waals surface area (Å²) in [5, 5.41) is 10.4. The average molecular weight is 727 g/mol. The minimum atomic E-state index is -1.21. The molecule has 0 bridgehead atoms. The fourth-order valence-electron chi connectivity index (χ4n) is 6.71. The summed E-state index contributed by atoms with van der Waals surface area (Å²) in [5.41, 5.74) is -0.421. The number of carbonyl (C=O) groups is 7. The highest BCUT2D eigenvalue weighted by atomic mass is 16.6. The van der Waals surface area contributed by atoms with Crippen molar-refractivity contribution in [2.75, 3.05) is 27.2 Å². The fourth-order valence-corrected chi connectivity index (χ4v) is 6.71. The molecule has 288 valence electrons. The van der Waals surface area contributed by atoms with E-state index in [1.54, 1.807) is 58.3 Å². The normalized spacial score (nSPS) is 21.1. The predicted octanol–water partition coefficient (Wildman–Crippen LogP) is 2.57. The topological polar surface area (TPSA) is 183 Å². The summed E-state index contributed by atoms with van der Waals surface area (Å²) in [5.74, 6) is -4.17. The number of alkyl carbamates (subject to hydrolysis) is 1. The van der Waals surface area contributed by atoms with E-state index in [-0.39, 0.29) is 41.6 Å². The number of hydrogen-bond donors (Lipinski definition) is 4. The van der Waals surface area contributed by atoms with E-state index < -0.39 is 71.6 Å². The van der Waals surface area contributed by atoms with Crippen LogP contribution in [0, 0.1) is 28.6 Å². The molecule has 1 saturated heterocycles. The smallest absolute Gasteiger partial charge is 0.408 e. The first-order valence-corrected chi connectivity index (χ1v) is 18.1. The number of amides is 6. The van der Waals surface area contributed by atoms with Gasteiger partial charge in [-0.3, -0.25) is 28.8 Å². The van der Waals surface area contributed by atoms with Crippen molar-refractivity contribution >= 4 is 41.4 Å². The second kappa shape index (κ2) is 16.9. The van der Waals surface area contributed by atoms with Crippen LogP contribution in [-0.4, -0.2) is 103 Å². The van der Waals surface area contributed by atoms with Gasteiger partial charge in [-0.05, 0) is 47.5 Å². The Morgan fingerprint density at radius 3 is 2.12 bits per heavy atom. The van der Waals surface area contributed by atoms with Gasteiger partial charge in [0.25, 0.3) is 5.91 Å². The van der Waals surface area contributed by atoms with Crippen LogP contribution < -0.4 is 21.3 Å². The molecular formula is C38H58N6O8. The maximum atomic E-state index is 14.2. The van der Waals surface area contributed by atoms with Gasteiger partial charge < -0.3 is 35.8 Å². The van der Waals surface area contributed by atoms with E-state index in [0.717, 1.165) is 0 Å². The highest BCUT2D eigenvalue weighted by Crippen LogP contribution is 2.65. The van der Waals surface area contributed by atoms with Gasteiger partial charge in [-0.25, -0.2) is 4.79 Å². The van der Waals surface area contributed by atoms with Gasteiger partial charge in [0.1, 0.15) is 24.2 Å². The number of piperidine rings is 1. The van der Waals surface area contributed by atoms with Crippen LogP contribution in [0.1, 0.15) is 86.8 Å². The standard InChI is InChI=1S/C38H58N6O8/c1-12-16-25(30(46)33(48)39-19-26(45)41-28(34(49)43(10)11)23-17-14-13-15-18-23)40-32(47)29-27-24(38(27,8)9)20-44(29)35(50)31(37(5,6)7)42-36(51)52-22(4)21(2)3/h13-15,17-18,21-22,24-25,27-29,31H,12,16,19-20H2,1-11H3,(H,39,48)(H,40,47)(H,41,45)(H,42,51)/t22?,24-,25+,27-,28-,29-,31+/m0/s1. The molecule has 1 aliphatic carbocycles. The van der Waals surface area contributed by atoms with Gasteiger partial charge in [0.05, 0.1) is 12.6 Å². The quantitative estimate of drug-likeness (QED) is 0.199. The Hall–Kier alpha value is -4.49. The third-order valence-electron chi connectivity index (χ3n) is 10.3. The number of nitrogens with zero attached hydrogens (tertiary/aromatic N) is 2. The zero-order valence-electron chi connectivity index (χ0n) is 32.5. The molecular weight excluding hydrogens is 668 g/mol. The number of rotatable bonds is 15.